The quantitative estimate of drug-likeness (QED) is 0.558. The van der Waals surface area contributed by atoms with Crippen molar-refractivity contribution in [3.63, 3.8) is 0 Å². The van der Waals surface area contributed by atoms with Crippen molar-refractivity contribution in [3.8, 4) is 0 Å². The second-order valence-electron chi connectivity index (χ2n) is 6.19. The predicted molar refractivity (Wildman–Crippen MR) is 95.9 cm³/mol. The summed E-state index contributed by atoms with van der Waals surface area (Å²) in [6.07, 6.45) is 1.21. The highest BCUT2D eigenvalue weighted by Gasteiger charge is 2.67. The molecule has 1 fully saturated rings. The number of furan rings is 1. The third-order valence-corrected chi connectivity index (χ3v) is 4.63. The van der Waals surface area contributed by atoms with Crippen molar-refractivity contribution < 1.29 is 32.7 Å². The van der Waals surface area contributed by atoms with E-state index in [4.69, 9.17) is 13.9 Å². The molecule has 1 saturated heterocycles. The Labute approximate surface area is 161 Å². The molecule has 1 atom stereocenters. The minimum Gasteiger partial charge on any atom is -0.469 e. The maximum atomic E-state index is 13.4. The molecule has 0 radical (unpaired) electrons. The molecular weight excluding hydrogens is 369 g/mol. The molecule has 7 nitrogen and oxygen atoms in total. The van der Waals surface area contributed by atoms with Gasteiger partial charge in [0.05, 0.1) is 25.4 Å². The number of hydrogen-bond donors (Lipinski definition) is 0. The fourth-order valence-electron chi connectivity index (χ4n) is 3.53. The number of hydrogen-bond acceptors (Lipinski definition) is 6. The van der Waals surface area contributed by atoms with Gasteiger partial charge in [-0.15, -0.1) is 0 Å². The van der Waals surface area contributed by atoms with Crippen molar-refractivity contribution in [2.45, 2.75) is 31.7 Å². The topological polar surface area (TPSA) is 86.0 Å². The SMILES string of the molecule is CCOC(=O)C1(C(=O)OCC)[C@@H](c2ccco2)CC(=O)N1c1ccc(F)cc1. The fraction of sp³-hybridized carbons (Fsp3) is 0.350. The van der Waals surface area contributed by atoms with Crippen LogP contribution in [-0.2, 0) is 23.9 Å². The van der Waals surface area contributed by atoms with Crippen LogP contribution in [0, 0.1) is 5.82 Å². The number of nitrogens with zero attached hydrogens (tertiary/aromatic N) is 1. The molecule has 3 rings (SSSR count). The molecule has 0 spiro atoms. The molecule has 8 heteroatoms. The van der Waals surface area contributed by atoms with Crippen molar-refractivity contribution in [2.24, 2.45) is 0 Å². The molecule has 0 aliphatic carbocycles. The van der Waals surface area contributed by atoms with Crippen molar-refractivity contribution in [1.82, 2.24) is 0 Å². The van der Waals surface area contributed by atoms with Crippen LogP contribution in [0.4, 0.5) is 10.1 Å². The van der Waals surface area contributed by atoms with E-state index >= 15 is 0 Å². The zero-order valence-corrected chi connectivity index (χ0v) is 15.5. The highest BCUT2D eigenvalue weighted by Crippen LogP contribution is 2.47. The molecular formula is C20H20FNO6. The summed E-state index contributed by atoms with van der Waals surface area (Å²) < 4.78 is 29.2. The number of carbonyl (C=O) groups is 3. The van der Waals surface area contributed by atoms with Gasteiger partial charge < -0.3 is 13.9 Å². The van der Waals surface area contributed by atoms with Crippen LogP contribution in [0.15, 0.2) is 47.1 Å². The van der Waals surface area contributed by atoms with Gasteiger partial charge in [-0.3, -0.25) is 9.69 Å². The van der Waals surface area contributed by atoms with Crippen LogP contribution < -0.4 is 4.90 Å². The largest absolute Gasteiger partial charge is 0.469 e. The summed E-state index contributed by atoms with van der Waals surface area (Å²) in [5.74, 6) is -3.56. The van der Waals surface area contributed by atoms with E-state index in [9.17, 15) is 18.8 Å². The molecule has 28 heavy (non-hydrogen) atoms. The zero-order valence-electron chi connectivity index (χ0n) is 15.5. The van der Waals surface area contributed by atoms with Crippen molar-refractivity contribution >= 4 is 23.5 Å². The summed E-state index contributed by atoms with van der Waals surface area (Å²) in [5, 5.41) is 0. The molecule has 1 aliphatic rings. The monoisotopic (exact) mass is 389 g/mol. The first-order chi connectivity index (χ1) is 13.5. The number of carbonyl (C=O) groups excluding carboxylic acids is 3. The Morgan fingerprint density at radius 1 is 1.14 bits per heavy atom. The van der Waals surface area contributed by atoms with E-state index < -0.39 is 35.1 Å². The van der Waals surface area contributed by atoms with Crippen molar-refractivity contribution in [3.05, 3.63) is 54.2 Å². The second-order valence-corrected chi connectivity index (χ2v) is 6.19. The Bertz CT molecular complexity index is 843. The lowest BCUT2D eigenvalue weighted by Crippen LogP contribution is -2.62. The summed E-state index contributed by atoms with van der Waals surface area (Å²) in [6.45, 7) is 3.18. The molecule has 0 bridgehead atoms. The average molecular weight is 389 g/mol. The number of halogens is 1. The maximum absolute atomic E-state index is 13.4. The van der Waals surface area contributed by atoms with Crippen molar-refractivity contribution in [2.75, 3.05) is 18.1 Å². The van der Waals surface area contributed by atoms with Crippen LogP contribution in [-0.4, -0.2) is 36.6 Å². The number of benzene rings is 1. The summed E-state index contributed by atoms with van der Waals surface area (Å²) in [5.41, 5.74) is -1.93. The lowest BCUT2D eigenvalue weighted by molar-refractivity contribution is -0.165. The highest BCUT2D eigenvalue weighted by atomic mass is 19.1. The Morgan fingerprint density at radius 2 is 1.75 bits per heavy atom. The fourth-order valence-corrected chi connectivity index (χ4v) is 3.53. The summed E-state index contributed by atoms with van der Waals surface area (Å²) in [4.78, 5) is 40.3. The lowest BCUT2D eigenvalue weighted by Gasteiger charge is -2.36. The van der Waals surface area contributed by atoms with E-state index in [1.807, 2.05) is 0 Å². The number of amides is 1. The predicted octanol–water partition coefficient (Wildman–Crippen LogP) is 2.80. The standard InChI is InChI=1S/C20H20FNO6/c1-3-26-18(24)20(19(25)27-4-2)15(16-6-5-11-28-16)12-17(23)22(20)14-9-7-13(21)8-10-14/h5-11,15H,3-4,12H2,1-2H3/t15-/m1/s1. The van der Waals surface area contributed by atoms with Crippen molar-refractivity contribution in [1.29, 1.82) is 0 Å². The minimum absolute atomic E-state index is 0.00366. The minimum atomic E-state index is -2.11. The zero-order chi connectivity index (χ0) is 20.3. The molecule has 0 unspecified atom stereocenters. The molecule has 1 aliphatic heterocycles. The number of ether oxygens (including phenoxy) is 2. The molecule has 0 N–H and O–H groups in total. The lowest BCUT2D eigenvalue weighted by atomic mass is 9.82. The summed E-state index contributed by atoms with van der Waals surface area (Å²) >= 11 is 0. The van der Waals surface area contributed by atoms with E-state index in [0.29, 0.717) is 0 Å². The van der Waals surface area contributed by atoms with Gasteiger partial charge in [0.15, 0.2) is 0 Å². The molecule has 1 aromatic carbocycles. The van der Waals surface area contributed by atoms with Gasteiger partial charge in [-0.1, -0.05) is 0 Å². The van der Waals surface area contributed by atoms with E-state index in [0.717, 1.165) is 17.0 Å². The highest BCUT2D eigenvalue weighted by molar-refractivity contribution is 6.19. The third-order valence-electron chi connectivity index (χ3n) is 4.63. The maximum Gasteiger partial charge on any atom is 0.345 e. The summed E-state index contributed by atoms with van der Waals surface area (Å²) in [7, 11) is 0. The second kappa shape index (κ2) is 7.84. The smallest absolute Gasteiger partial charge is 0.345 e. The first-order valence-electron chi connectivity index (χ1n) is 8.93. The molecule has 2 heterocycles. The average Bonchev–Trinajstić information content (AvgIpc) is 3.29. The van der Waals surface area contributed by atoms with Crippen LogP contribution in [0.2, 0.25) is 0 Å². The normalized spacial score (nSPS) is 18.2. The van der Waals surface area contributed by atoms with E-state index in [1.54, 1.807) is 26.0 Å². The van der Waals surface area contributed by atoms with E-state index in [2.05, 4.69) is 0 Å². The number of anilines is 1. The van der Waals surface area contributed by atoms with Gasteiger partial charge in [0, 0.05) is 12.1 Å². The van der Waals surface area contributed by atoms with Crippen LogP contribution in [0.5, 0.6) is 0 Å². The summed E-state index contributed by atoms with van der Waals surface area (Å²) in [6, 6.07) is 8.12. The van der Waals surface area contributed by atoms with Gasteiger partial charge in [0.2, 0.25) is 5.91 Å². The third kappa shape index (κ3) is 3.04. The molecule has 2 aromatic rings. The van der Waals surface area contributed by atoms with Crippen LogP contribution in [0.1, 0.15) is 31.9 Å². The van der Waals surface area contributed by atoms with Gasteiger partial charge in [0.1, 0.15) is 11.6 Å². The van der Waals surface area contributed by atoms with Gasteiger partial charge in [0.25, 0.3) is 5.54 Å². The van der Waals surface area contributed by atoms with Crippen LogP contribution in [0.3, 0.4) is 0 Å². The molecule has 1 amide bonds. The number of rotatable bonds is 6. The Kier molecular flexibility index (Phi) is 5.48. The van der Waals surface area contributed by atoms with Crippen LogP contribution >= 0.6 is 0 Å². The van der Waals surface area contributed by atoms with Gasteiger partial charge >= 0.3 is 11.9 Å². The van der Waals surface area contributed by atoms with Crippen LogP contribution in [0.25, 0.3) is 0 Å². The Morgan fingerprint density at radius 3 is 2.25 bits per heavy atom. The van der Waals surface area contributed by atoms with Gasteiger partial charge in [-0.05, 0) is 50.2 Å². The molecule has 0 saturated carbocycles. The number of esters is 2. The first-order valence-corrected chi connectivity index (χ1v) is 8.93. The Hall–Kier alpha value is -3.16. The van der Waals surface area contributed by atoms with Gasteiger partial charge in [-0.25, -0.2) is 14.0 Å². The van der Waals surface area contributed by atoms with Gasteiger partial charge in [-0.2, -0.15) is 0 Å². The Balaban J connectivity index is 2.25. The molecule has 1 aromatic heterocycles. The van der Waals surface area contributed by atoms with E-state index in [1.165, 1.54) is 18.4 Å². The first kappa shape index (κ1) is 19.6. The molecule has 148 valence electrons. The van der Waals surface area contributed by atoms with E-state index in [-0.39, 0.29) is 31.1 Å².